The van der Waals surface area contributed by atoms with Crippen LogP contribution in [-0.2, 0) is 21.2 Å². The van der Waals surface area contributed by atoms with E-state index in [1.54, 1.807) is 13.8 Å². The van der Waals surface area contributed by atoms with Gasteiger partial charge in [-0.1, -0.05) is 6.07 Å². The molecule has 28 heavy (non-hydrogen) atoms. The molecule has 0 aromatic heterocycles. The Bertz CT molecular complexity index is 799. The number of halogens is 4. The van der Waals surface area contributed by atoms with Crippen molar-refractivity contribution in [3.63, 3.8) is 0 Å². The molecule has 0 unspecified atom stereocenters. The second-order valence-electron chi connectivity index (χ2n) is 8.10. The number of carbonyl (C=O) groups is 2. The molecule has 2 amide bonds. The Hall–Kier alpha value is -2.32. The molecule has 0 atom stereocenters. The summed E-state index contributed by atoms with van der Waals surface area (Å²) in [6.07, 6.45) is -3.54. The molecule has 0 saturated heterocycles. The van der Waals surface area contributed by atoms with Gasteiger partial charge in [0, 0.05) is 5.92 Å². The third kappa shape index (κ3) is 4.07. The van der Waals surface area contributed by atoms with Crippen molar-refractivity contribution in [2.75, 3.05) is 6.54 Å². The van der Waals surface area contributed by atoms with E-state index in [0.29, 0.717) is 25.7 Å². The van der Waals surface area contributed by atoms with Crippen molar-refractivity contribution in [2.24, 2.45) is 11.7 Å². The fourth-order valence-electron chi connectivity index (χ4n) is 3.54. The van der Waals surface area contributed by atoms with Crippen LogP contribution in [0.1, 0.15) is 50.7 Å². The van der Waals surface area contributed by atoms with Crippen molar-refractivity contribution in [3.05, 3.63) is 35.1 Å². The Morgan fingerprint density at radius 2 is 1.86 bits per heavy atom. The van der Waals surface area contributed by atoms with Crippen LogP contribution >= 0.6 is 0 Å². The van der Waals surface area contributed by atoms with Crippen molar-refractivity contribution in [1.82, 2.24) is 4.90 Å². The van der Waals surface area contributed by atoms with Crippen LogP contribution in [0.4, 0.5) is 22.4 Å². The number of carbonyl (C=O) groups excluding carboxylic acids is 2. The molecule has 0 heterocycles. The fourth-order valence-corrected chi connectivity index (χ4v) is 3.54. The number of nitrogens with zero attached hydrogens (tertiary/aromatic N) is 1. The number of alkyl halides is 3. The molecule has 2 fully saturated rings. The van der Waals surface area contributed by atoms with Crippen molar-refractivity contribution in [1.29, 1.82) is 0 Å². The van der Waals surface area contributed by atoms with E-state index in [0.717, 1.165) is 12.1 Å². The molecule has 0 bridgehead atoms. The highest BCUT2D eigenvalue weighted by atomic mass is 19.4. The van der Waals surface area contributed by atoms with E-state index in [2.05, 4.69) is 0 Å². The lowest BCUT2D eigenvalue weighted by Crippen LogP contribution is -2.50. The minimum atomic E-state index is -4.84. The number of rotatable bonds is 6. The number of hydrogen-bond acceptors (Lipinski definition) is 3. The summed E-state index contributed by atoms with van der Waals surface area (Å²) in [5.74, 6) is -1.74. The maximum absolute atomic E-state index is 13.7. The third-order valence-electron chi connectivity index (χ3n) is 5.16. The predicted octanol–water partition coefficient (Wildman–Crippen LogP) is 3.95. The molecule has 2 saturated carbocycles. The van der Waals surface area contributed by atoms with Gasteiger partial charge in [-0.2, -0.15) is 13.2 Å². The number of amides is 2. The summed E-state index contributed by atoms with van der Waals surface area (Å²) < 4.78 is 58.3. The molecule has 9 heteroatoms. The molecular weight excluding hydrogens is 380 g/mol. The largest absolute Gasteiger partial charge is 0.442 e. The minimum Gasteiger partial charge on any atom is -0.442 e. The van der Waals surface area contributed by atoms with Gasteiger partial charge < -0.3 is 15.4 Å². The molecule has 0 spiro atoms. The first-order valence-corrected chi connectivity index (χ1v) is 9.03. The van der Waals surface area contributed by atoms with E-state index in [9.17, 15) is 27.2 Å². The topological polar surface area (TPSA) is 72.6 Å². The van der Waals surface area contributed by atoms with Gasteiger partial charge in [0.05, 0.1) is 17.6 Å². The average molecular weight is 402 g/mol. The number of benzene rings is 1. The summed E-state index contributed by atoms with van der Waals surface area (Å²) in [7, 11) is 0. The molecule has 1 aromatic carbocycles. The van der Waals surface area contributed by atoms with Crippen LogP contribution in [0.25, 0.3) is 0 Å². The number of ether oxygens (including phenoxy) is 1. The van der Waals surface area contributed by atoms with Crippen LogP contribution < -0.4 is 5.73 Å². The zero-order valence-corrected chi connectivity index (χ0v) is 15.6. The summed E-state index contributed by atoms with van der Waals surface area (Å²) in [5.41, 5.74) is 1.87. The second kappa shape index (κ2) is 6.63. The van der Waals surface area contributed by atoms with Gasteiger partial charge in [0.15, 0.2) is 0 Å². The average Bonchev–Trinajstić information content (AvgIpc) is 3.43. The van der Waals surface area contributed by atoms with E-state index in [4.69, 9.17) is 10.5 Å². The Balaban J connectivity index is 1.98. The second-order valence-corrected chi connectivity index (χ2v) is 8.10. The van der Waals surface area contributed by atoms with Crippen molar-refractivity contribution >= 4 is 12.0 Å². The summed E-state index contributed by atoms with van der Waals surface area (Å²) in [6, 6.07) is 2.84. The van der Waals surface area contributed by atoms with E-state index in [-0.39, 0.29) is 23.9 Å². The van der Waals surface area contributed by atoms with Gasteiger partial charge in [-0.3, -0.25) is 4.79 Å². The Morgan fingerprint density at radius 3 is 2.32 bits per heavy atom. The quantitative estimate of drug-likeness (QED) is 0.733. The fraction of sp³-hybridized carbons (Fsp3) is 0.579. The first-order valence-electron chi connectivity index (χ1n) is 9.03. The first-order chi connectivity index (χ1) is 12.9. The van der Waals surface area contributed by atoms with Gasteiger partial charge in [0.1, 0.15) is 11.4 Å². The molecule has 3 rings (SSSR count). The Labute approximate surface area is 159 Å². The van der Waals surface area contributed by atoms with E-state index in [1.807, 2.05) is 0 Å². The van der Waals surface area contributed by atoms with E-state index < -0.39 is 34.8 Å². The monoisotopic (exact) mass is 402 g/mol. The van der Waals surface area contributed by atoms with Crippen LogP contribution in [0, 0.1) is 11.7 Å². The van der Waals surface area contributed by atoms with Gasteiger partial charge in [-0.15, -0.1) is 0 Å². The molecule has 1 aromatic rings. The first kappa shape index (κ1) is 20.4. The molecule has 2 aliphatic carbocycles. The lowest BCUT2D eigenvalue weighted by Gasteiger charge is -2.38. The maximum atomic E-state index is 13.7. The van der Waals surface area contributed by atoms with Crippen molar-refractivity contribution < 1.29 is 31.9 Å². The zero-order valence-electron chi connectivity index (χ0n) is 15.6. The van der Waals surface area contributed by atoms with Gasteiger partial charge in [-0.25, -0.2) is 9.18 Å². The van der Waals surface area contributed by atoms with Crippen LogP contribution in [0.3, 0.4) is 0 Å². The predicted molar refractivity (Wildman–Crippen MR) is 91.5 cm³/mol. The molecule has 2 N–H and O–H groups in total. The van der Waals surface area contributed by atoms with Crippen molar-refractivity contribution in [2.45, 2.75) is 56.8 Å². The molecule has 2 aliphatic rings. The highest BCUT2D eigenvalue weighted by Gasteiger charge is 2.55. The highest BCUT2D eigenvalue weighted by Crippen LogP contribution is 2.54. The SMILES string of the molecule is CC(C)(CN(C(=O)C1CC1)C1(c2ccc(F)c(C(F)(F)F)c2)CC1)OC(N)=O. The van der Waals surface area contributed by atoms with Crippen LogP contribution in [0.2, 0.25) is 0 Å². The number of nitrogens with two attached hydrogens (primary N) is 1. The molecule has 5 nitrogen and oxygen atoms in total. The molecule has 0 aliphatic heterocycles. The van der Waals surface area contributed by atoms with Gasteiger partial charge in [0.2, 0.25) is 5.91 Å². The minimum absolute atomic E-state index is 0.0238. The summed E-state index contributed by atoms with van der Waals surface area (Å²) in [5, 5.41) is 0. The van der Waals surface area contributed by atoms with Crippen LogP contribution in [0.15, 0.2) is 18.2 Å². The zero-order chi connectivity index (χ0) is 20.9. The van der Waals surface area contributed by atoms with Gasteiger partial charge in [0.25, 0.3) is 0 Å². The van der Waals surface area contributed by atoms with Gasteiger partial charge in [-0.05, 0) is 57.2 Å². The molecular formula is C19H22F4N2O3. The number of primary amides is 1. The lowest BCUT2D eigenvalue weighted by molar-refractivity contribution is -0.140. The van der Waals surface area contributed by atoms with Crippen molar-refractivity contribution in [3.8, 4) is 0 Å². The standard InChI is InChI=1S/C19H22F4N2O3/c1-17(2,28-16(24)27)10-25(15(26)11-3-4-11)18(7-8-18)12-5-6-14(20)13(9-12)19(21,22)23/h5-6,9,11H,3-4,7-8,10H2,1-2H3,(H2,24,27). The summed E-state index contributed by atoms with van der Waals surface area (Å²) in [4.78, 5) is 25.6. The number of hydrogen-bond donors (Lipinski definition) is 1. The van der Waals surface area contributed by atoms with E-state index in [1.165, 1.54) is 11.0 Å². The molecule has 0 radical (unpaired) electrons. The smallest absolute Gasteiger partial charge is 0.419 e. The third-order valence-corrected chi connectivity index (χ3v) is 5.16. The van der Waals surface area contributed by atoms with E-state index >= 15 is 0 Å². The summed E-state index contributed by atoms with van der Waals surface area (Å²) >= 11 is 0. The normalized spacial score (nSPS) is 18.5. The Kier molecular flexibility index (Phi) is 4.84. The van der Waals surface area contributed by atoms with Crippen LogP contribution in [0.5, 0.6) is 0 Å². The summed E-state index contributed by atoms with van der Waals surface area (Å²) in [6.45, 7) is 3.13. The Morgan fingerprint density at radius 1 is 1.25 bits per heavy atom. The highest BCUT2D eigenvalue weighted by molar-refractivity contribution is 5.82. The lowest BCUT2D eigenvalue weighted by atomic mass is 9.97. The maximum Gasteiger partial charge on any atom is 0.419 e. The molecule has 154 valence electrons. The van der Waals surface area contributed by atoms with Crippen LogP contribution in [-0.4, -0.2) is 29.0 Å². The van der Waals surface area contributed by atoms with Gasteiger partial charge >= 0.3 is 12.3 Å².